The van der Waals surface area contributed by atoms with Crippen LogP contribution in [0.2, 0.25) is 0 Å². The second-order valence-electron chi connectivity index (χ2n) is 4.89. The number of hydrogen-bond acceptors (Lipinski definition) is 8. The van der Waals surface area contributed by atoms with Gasteiger partial charge in [0.15, 0.2) is 11.3 Å². The molecule has 0 unspecified atom stereocenters. The van der Waals surface area contributed by atoms with E-state index in [2.05, 4.69) is 15.0 Å². The van der Waals surface area contributed by atoms with Crippen molar-refractivity contribution >= 4 is 23.0 Å². The molecule has 9 nitrogen and oxygen atoms in total. The van der Waals surface area contributed by atoms with E-state index in [1.54, 1.807) is 12.1 Å². The van der Waals surface area contributed by atoms with Crippen molar-refractivity contribution < 1.29 is 14.7 Å². The molecule has 1 atom stereocenters. The Labute approximate surface area is 130 Å². The fraction of sp³-hybridized carbons (Fsp3) is 0.143. The van der Waals surface area contributed by atoms with Gasteiger partial charge < -0.3 is 21.4 Å². The third-order valence-corrected chi connectivity index (χ3v) is 3.21. The molecule has 23 heavy (non-hydrogen) atoms. The predicted octanol–water partition coefficient (Wildman–Crippen LogP) is -0.361. The van der Waals surface area contributed by atoms with Gasteiger partial charge in [-0.15, -0.1) is 4.73 Å². The fourth-order valence-corrected chi connectivity index (χ4v) is 2.03. The highest BCUT2D eigenvalue weighted by Crippen LogP contribution is 2.14. The molecule has 3 rings (SSSR count). The van der Waals surface area contributed by atoms with Gasteiger partial charge in [0.25, 0.3) is 0 Å². The number of hydrogen-bond donors (Lipinski definition) is 3. The van der Waals surface area contributed by atoms with Crippen LogP contribution in [0, 0.1) is 0 Å². The van der Waals surface area contributed by atoms with Crippen LogP contribution in [0.1, 0.15) is 5.56 Å². The Morgan fingerprint density at radius 3 is 2.74 bits per heavy atom. The summed E-state index contributed by atoms with van der Waals surface area (Å²) in [5, 5.41) is 9.24. The van der Waals surface area contributed by atoms with Crippen LogP contribution in [0.4, 0.5) is 5.82 Å². The van der Waals surface area contributed by atoms with Crippen LogP contribution in [0.3, 0.4) is 0 Å². The Kier molecular flexibility index (Phi) is 3.77. The number of anilines is 1. The zero-order valence-electron chi connectivity index (χ0n) is 12.0. The van der Waals surface area contributed by atoms with Crippen LogP contribution >= 0.6 is 0 Å². The second kappa shape index (κ2) is 5.89. The number of rotatable bonds is 4. The molecule has 1 aromatic carbocycles. The number of aromatic hydroxyl groups is 1. The summed E-state index contributed by atoms with van der Waals surface area (Å²) in [4.78, 5) is 29.0. The van der Waals surface area contributed by atoms with Crippen molar-refractivity contribution in [3.8, 4) is 5.75 Å². The maximum Gasteiger partial charge on any atom is 0.349 e. The first-order chi connectivity index (χ1) is 11.0. The lowest BCUT2D eigenvalue weighted by Gasteiger charge is -2.11. The lowest BCUT2D eigenvalue weighted by atomic mass is 10.1. The molecule has 0 saturated heterocycles. The van der Waals surface area contributed by atoms with E-state index >= 15 is 0 Å². The molecule has 0 amide bonds. The SMILES string of the molecule is Nc1ncnc2c1ncn2OC(=O)[C@@H](N)Cc1ccc(O)cc1. The normalized spacial score (nSPS) is 12.2. The molecule has 118 valence electrons. The zero-order chi connectivity index (χ0) is 16.4. The number of phenolic OH excluding ortho intramolecular Hbond substituents is 1. The maximum atomic E-state index is 12.1. The number of aromatic nitrogens is 4. The molecule has 0 radical (unpaired) electrons. The molecule has 2 heterocycles. The van der Waals surface area contributed by atoms with E-state index in [-0.39, 0.29) is 23.6 Å². The highest BCUT2D eigenvalue weighted by atomic mass is 16.7. The molecule has 5 N–H and O–H groups in total. The number of fused-ring (bicyclic) bond motifs is 1. The minimum Gasteiger partial charge on any atom is -0.508 e. The largest absolute Gasteiger partial charge is 0.508 e. The van der Waals surface area contributed by atoms with Gasteiger partial charge in [0, 0.05) is 0 Å². The van der Waals surface area contributed by atoms with Crippen LogP contribution < -0.4 is 16.3 Å². The summed E-state index contributed by atoms with van der Waals surface area (Å²) in [5.41, 5.74) is 12.9. The summed E-state index contributed by atoms with van der Waals surface area (Å²) < 4.78 is 1.10. The summed E-state index contributed by atoms with van der Waals surface area (Å²) in [5.74, 6) is -0.306. The van der Waals surface area contributed by atoms with Gasteiger partial charge in [-0.2, -0.15) is 0 Å². The Morgan fingerprint density at radius 2 is 2.00 bits per heavy atom. The molecule has 0 aliphatic rings. The number of nitrogens with two attached hydrogens (primary N) is 2. The molecule has 9 heteroatoms. The highest BCUT2D eigenvalue weighted by Gasteiger charge is 2.19. The first kappa shape index (κ1) is 14.7. The standard InChI is InChI=1S/C14H14N6O3/c15-10(5-8-1-3-9(21)4-2-8)14(22)23-20-7-19-11-12(16)17-6-18-13(11)20/h1-4,6-7,10,21H,5,15H2,(H2,16,17,18)/t10-/m0/s1. The van der Waals surface area contributed by atoms with Gasteiger partial charge >= 0.3 is 5.97 Å². The zero-order valence-corrected chi connectivity index (χ0v) is 12.0. The number of carbonyl (C=O) groups is 1. The number of imidazole rings is 1. The third-order valence-electron chi connectivity index (χ3n) is 3.21. The smallest absolute Gasteiger partial charge is 0.349 e. The van der Waals surface area contributed by atoms with Gasteiger partial charge in [0.2, 0.25) is 5.65 Å². The third kappa shape index (κ3) is 3.04. The molecule has 0 fully saturated rings. The Morgan fingerprint density at radius 1 is 1.26 bits per heavy atom. The summed E-state index contributed by atoms with van der Waals surface area (Å²) in [6, 6.07) is 5.54. The minimum atomic E-state index is -0.879. The average molecular weight is 314 g/mol. The van der Waals surface area contributed by atoms with Crippen molar-refractivity contribution in [3.05, 3.63) is 42.5 Å². The molecule has 0 aliphatic heterocycles. The van der Waals surface area contributed by atoms with Gasteiger partial charge in [-0.3, -0.25) is 0 Å². The molecule has 0 aliphatic carbocycles. The quantitative estimate of drug-likeness (QED) is 0.592. The molecule has 0 spiro atoms. The van der Waals surface area contributed by atoms with Crippen LogP contribution in [-0.4, -0.2) is 36.8 Å². The summed E-state index contributed by atoms with van der Waals surface area (Å²) in [7, 11) is 0. The topological polar surface area (TPSA) is 142 Å². The van der Waals surface area contributed by atoms with Crippen molar-refractivity contribution in [2.75, 3.05) is 5.73 Å². The van der Waals surface area contributed by atoms with Crippen LogP contribution in [0.15, 0.2) is 36.9 Å². The van der Waals surface area contributed by atoms with Gasteiger partial charge in [0.1, 0.15) is 24.4 Å². The van der Waals surface area contributed by atoms with E-state index in [9.17, 15) is 9.90 Å². The Hall–Kier alpha value is -3.20. The first-order valence-electron chi connectivity index (χ1n) is 6.74. The average Bonchev–Trinajstić information content (AvgIpc) is 2.94. The lowest BCUT2D eigenvalue weighted by molar-refractivity contribution is -0.145. The first-order valence-corrected chi connectivity index (χ1v) is 6.74. The summed E-state index contributed by atoms with van der Waals surface area (Å²) >= 11 is 0. The molecular weight excluding hydrogens is 300 g/mol. The number of phenols is 1. The van der Waals surface area contributed by atoms with Gasteiger partial charge in [-0.05, 0) is 24.1 Å². The molecule has 2 aromatic heterocycles. The number of nitrogens with zero attached hydrogens (tertiary/aromatic N) is 4. The van der Waals surface area contributed by atoms with Gasteiger partial charge in [0.05, 0.1) is 0 Å². The predicted molar refractivity (Wildman–Crippen MR) is 81.1 cm³/mol. The molecule has 0 bridgehead atoms. The van der Waals surface area contributed by atoms with Gasteiger partial charge in [-0.25, -0.2) is 19.7 Å². The number of benzene rings is 1. The van der Waals surface area contributed by atoms with Crippen LogP contribution in [-0.2, 0) is 11.2 Å². The van der Waals surface area contributed by atoms with Crippen molar-refractivity contribution in [3.63, 3.8) is 0 Å². The highest BCUT2D eigenvalue weighted by molar-refractivity contribution is 5.82. The van der Waals surface area contributed by atoms with E-state index in [1.165, 1.54) is 24.8 Å². The summed E-state index contributed by atoms with van der Waals surface area (Å²) in [6.07, 6.45) is 2.80. The van der Waals surface area contributed by atoms with Crippen molar-refractivity contribution in [1.29, 1.82) is 0 Å². The van der Waals surface area contributed by atoms with Crippen LogP contribution in [0.5, 0.6) is 5.75 Å². The van der Waals surface area contributed by atoms with Crippen molar-refractivity contribution in [2.24, 2.45) is 5.73 Å². The minimum absolute atomic E-state index is 0.145. The Bertz CT molecular complexity index is 845. The molecule has 0 saturated carbocycles. The van der Waals surface area contributed by atoms with Crippen molar-refractivity contribution in [1.82, 2.24) is 19.7 Å². The fourth-order valence-electron chi connectivity index (χ4n) is 2.03. The van der Waals surface area contributed by atoms with E-state index in [0.717, 1.165) is 10.3 Å². The summed E-state index contributed by atoms with van der Waals surface area (Å²) in [6.45, 7) is 0. The monoisotopic (exact) mass is 314 g/mol. The maximum absolute atomic E-state index is 12.1. The molecule has 3 aromatic rings. The van der Waals surface area contributed by atoms with E-state index in [1.807, 2.05) is 0 Å². The number of nitrogen functional groups attached to an aromatic ring is 1. The van der Waals surface area contributed by atoms with E-state index in [0.29, 0.717) is 5.52 Å². The van der Waals surface area contributed by atoms with Crippen molar-refractivity contribution in [2.45, 2.75) is 12.5 Å². The molecular formula is C14H14N6O3. The Balaban J connectivity index is 1.72. The van der Waals surface area contributed by atoms with E-state index in [4.69, 9.17) is 16.3 Å². The van der Waals surface area contributed by atoms with Crippen LogP contribution in [0.25, 0.3) is 11.2 Å². The van der Waals surface area contributed by atoms with E-state index < -0.39 is 12.0 Å². The van der Waals surface area contributed by atoms with Gasteiger partial charge in [-0.1, -0.05) is 12.1 Å². The second-order valence-corrected chi connectivity index (χ2v) is 4.89. The lowest BCUT2D eigenvalue weighted by Crippen LogP contribution is -2.39. The number of carbonyl (C=O) groups excluding carboxylic acids is 1.